The maximum Gasteiger partial charge on any atom is 0.295 e. The van der Waals surface area contributed by atoms with E-state index in [9.17, 15) is 14.7 Å². The van der Waals surface area contributed by atoms with Gasteiger partial charge in [-0.1, -0.05) is 0 Å². The summed E-state index contributed by atoms with van der Waals surface area (Å²) in [7, 11) is 0. The monoisotopic (exact) mass is 393 g/mol. The Morgan fingerprint density at radius 3 is 2.72 bits per heavy atom. The van der Waals surface area contributed by atoms with E-state index >= 15 is 0 Å². The highest BCUT2D eigenvalue weighted by atomic mass is 16.3. The molecule has 0 aliphatic carbocycles. The first-order valence-corrected chi connectivity index (χ1v) is 9.33. The Balaban J connectivity index is 1.70. The second kappa shape index (κ2) is 7.75. The van der Waals surface area contributed by atoms with Crippen molar-refractivity contribution in [3.63, 3.8) is 0 Å². The van der Waals surface area contributed by atoms with Gasteiger partial charge in [0.25, 0.3) is 11.7 Å². The van der Waals surface area contributed by atoms with Gasteiger partial charge in [-0.15, -0.1) is 0 Å². The van der Waals surface area contributed by atoms with E-state index in [1.54, 1.807) is 31.2 Å². The summed E-state index contributed by atoms with van der Waals surface area (Å²) in [4.78, 5) is 34.0. The average Bonchev–Trinajstić information content (AvgIpc) is 3.45. The molecule has 1 amide bonds. The predicted octanol–water partition coefficient (Wildman–Crippen LogP) is 2.11. The normalized spacial score (nSPS) is 18.5. The second-order valence-corrected chi connectivity index (χ2v) is 6.88. The Labute approximate surface area is 167 Å². The average molecular weight is 393 g/mol. The highest BCUT2D eigenvalue weighted by Crippen LogP contribution is 2.39. The second-order valence-electron chi connectivity index (χ2n) is 6.88. The number of furan rings is 1. The van der Waals surface area contributed by atoms with Crippen molar-refractivity contribution >= 4 is 17.4 Å². The minimum Gasteiger partial charge on any atom is -0.507 e. The number of carbonyl (C=O) groups excluding carboxylic acids is 2. The van der Waals surface area contributed by atoms with Gasteiger partial charge in [-0.25, -0.2) is 4.57 Å². The zero-order valence-corrected chi connectivity index (χ0v) is 15.9. The highest BCUT2D eigenvalue weighted by molar-refractivity contribution is 6.46. The van der Waals surface area contributed by atoms with Gasteiger partial charge in [0, 0.05) is 30.9 Å². The largest absolute Gasteiger partial charge is 0.507 e. The van der Waals surface area contributed by atoms with E-state index in [1.165, 1.54) is 17.3 Å². The van der Waals surface area contributed by atoms with E-state index < -0.39 is 17.7 Å². The van der Waals surface area contributed by atoms with Gasteiger partial charge in [-0.3, -0.25) is 19.6 Å². The SMILES string of the molecule is Cc1ccc(C2C(=C(O)c3ccncc3)C(=O)C(=O)N2CCC[n+]2cc[nH]c2)o1. The smallest absolute Gasteiger partial charge is 0.295 e. The number of aryl methyl sites for hydroxylation is 2. The number of amides is 1. The number of aromatic nitrogens is 3. The van der Waals surface area contributed by atoms with Crippen LogP contribution >= 0.6 is 0 Å². The molecule has 1 saturated heterocycles. The minimum absolute atomic E-state index is 0.0323. The van der Waals surface area contributed by atoms with Crippen LogP contribution in [0.25, 0.3) is 5.76 Å². The van der Waals surface area contributed by atoms with Gasteiger partial charge in [-0.2, -0.15) is 0 Å². The predicted molar refractivity (Wildman–Crippen MR) is 102 cm³/mol. The lowest BCUT2D eigenvalue weighted by molar-refractivity contribution is -0.695. The lowest BCUT2D eigenvalue weighted by Crippen LogP contribution is -2.35. The van der Waals surface area contributed by atoms with Crippen LogP contribution < -0.4 is 4.57 Å². The van der Waals surface area contributed by atoms with Crippen LogP contribution in [0.4, 0.5) is 0 Å². The van der Waals surface area contributed by atoms with Crippen molar-refractivity contribution in [2.24, 2.45) is 0 Å². The summed E-state index contributed by atoms with van der Waals surface area (Å²) < 4.78 is 7.71. The third-order valence-electron chi connectivity index (χ3n) is 4.94. The number of ketones is 1. The number of carbonyl (C=O) groups is 2. The van der Waals surface area contributed by atoms with Gasteiger partial charge in [0.15, 0.2) is 0 Å². The van der Waals surface area contributed by atoms with Gasteiger partial charge in [0.1, 0.15) is 35.7 Å². The fraction of sp³-hybridized carbons (Fsp3) is 0.238. The molecule has 3 aromatic rings. The lowest BCUT2D eigenvalue weighted by Gasteiger charge is -2.23. The number of aromatic amines is 1. The van der Waals surface area contributed by atoms with Crippen LogP contribution in [0.15, 0.2) is 65.4 Å². The number of Topliss-reactive ketones (excluding diaryl/α,β-unsaturated/α-hetero) is 1. The van der Waals surface area contributed by atoms with Gasteiger partial charge >= 0.3 is 0 Å². The molecule has 0 bridgehead atoms. The Morgan fingerprint density at radius 2 is 2.07 bits per heavy atom. The van der Waals surface area contributed by atoms with Gasteiger partial charge in [0.05, 0.1) is 12.1 Å². The molecule has 4 heterocycles. The Hall–Kier alpha value is -3.68. The molecule has 1 atom stereocenters. The molecular formula is C21H21N4O4+. The number of likely N-dealkylation sites (tertiary alicyclic amines) is 1. The molecule has 3 aromatic heterocycles. The maximum absolute atomic E-state index is 12.8. The summed E-state index contributed by atoms with van der Waals surface area (Å²) in [5.41, 5.74) is 0.457. The summed E-state index contributed by atoms with van der Waals surface area (Å²) in [6.45, 7) is 2.82. The van der Waals surface area contributed by atoms with E-state index in [0.29, 0.717) is 36.6 Å². The van der Waals surface area contributed by atoms with Crippen molar-refractivity contribution in [2.45, 2.75) is 25.9 Å². The summed E-state index contributed by atoms with van der Waals surface area (Å²) in [6, 6.07) is 5.93. The number of pyridine rings is 1. The molecule has 0 radical (unpaired) electrons. The van der Waals surface area contributed by atoms with Gasteiger partial charge in [-0.05, 0) is 31.2 Å². The first kappa shape index (κ1) is 18.7. The number of H-pyrrole nitrogens is 1. The number of hydrogen-bond acceptors (Lipinski definition) is 5. The number of aliphatic hydroxyl groups is 1. The molecule has 8 heteroatoms. The van der Waals surface area contributed by atoms with E-state index in [2.05, 4.69) is 9.97 Å². The summed E-state index contributed by atoms with van der Waals surface area (Å²) >= 11 is 0. The number of nitrogens with zero attached hydrogens (tertiary/aromatic N) is 3. The molecule has 0 aromatic carbocycles. The third-order valence-corrected chi connectivity index (χ3v) is 4.94. The first-order chi connectivity index (χ1) is 14.1. The number of nitrogens with one attached hydrogen (secondary N) is 1. The Bertz CT molecular complexity index is 1050. The van der Waals surface area contributed by atoms with E-state index in [-0.39, 0.29) is 11.3 Å². The summed E-state index contributed by atoms with van der Waals surface area (Å²) in [5.74, 6) is -0.470. The quantitative estimate of drug-likeness (QED) is 0.289. The number of imidazole rings is 1. The van der Waals surface area contributed by atoms with Gasteiger partial charge < -0.3 is 14.4 Å². The van der Waals surface area contributed by atoms with Crippen LogP contribution in [0.3, 0.4) is 0 Å². The number of rotatable bonds is 6. The van der Waals surface area contributed by atoms with Crippen molar-refractivity contribution in [1.82, 2.24) is 14.9 Å². The molecule has 1 unspecified atom stereocenters. The van der Waals surface area contributed by atoms with Crippen LogP contribution in [0.1, 0.15) is 29.5 Å². The molecule has 4 rings (SSSR count). The third kappa shape index (κ3) is 3.56. The van der Waals surface area contributed by atoms with E-state index in [4.69, 9.17) is 4.42 Å². The standard InChI is InChI=1S/C21H20N4O4/c1-14-3-4-16(29-14)18-17(19(26)15-5-7-22-8-6-15)20(27)21(28)25(18)11-2-10-24-12-9-23-13-24/h3-9,12-13,18H,2,10-11H2,1H3,(H,26,27)/p+1. The molecule has 0 spiro atoms. The zero-order chi connectivity index (χ0) is 20.4. The van der Waals surface area contributed by atoms with Crippen molar-refractivity contribution in [2.75, 3.05) is 6.54 Å². The molecule has 8 nitrogen and oxygen atoms in total. The van der Waals surface area contributed by atoms with Crippen molar-refractivity contribution < 1.29 is 23.7 Å². The van der Waals surface area contributed by atoms with Crippen LogP contribution in [-0.2, 0) is 16.1 Å². The van der Waals surface area contributed by atoms with E-state index in [1.807, 2.05) is 23.3 Å². The van der Waals surface area contributed by atoms with Gasteiger partial charge in [0.2, 0.25) is 6.33 Å². The maximum atomic E-state index is 12.8. The fourth-order valence-corrected chi connectivity index (χ4v) is 3.56. The molecule has 1 aliphatic rings. The fourth-order valence-electron chi connectivity index (χ4n) is 3.56. The molecule has 148 valence electrons. The van der Waals surface area contributed by atoms with Crippen molar-refractivity contribution in [3.8, 4) is 0 Å². The Kier molecular flexibility index (Phi) is 4.99. The molecular weight excluding hydrogens is 372 g/mol. The Morgan fingerprint density at radius 1 is 1.28 bits per heavy atom. The number of aliphatic hydroxyl groups excluding tert-OH is 1. The zero-order valence-electron chi connectivity index (χ0n) is 15.9. The summed E-state index contributed by atoms with van der Waals surface area (Å²) in [6.07, 6.45) is 9.21. The summed E-state index contributed by atoms with van der Waals surface area (Å²) in [5, 5.41) is 10.8. The molecule has 0 saturated carbocycles. The molecule has 2 N–H and O–H groups in total. The number of hydrogen-bond donors (Lipinski definition) is 2. The van der Waals surface area contributed by atoms with Crippen molar-refractivity contribution in [3.05, 3.63) is 78.0 Å². The van der Waals surface area contributed by atoms with E-state index in [0.717, 1.165) is 0 Å². The molecule has 1 aliphatic heterocycles. The first-order valence-electron chi connectivity index (χ1n) is 9.33. The van der Waals surface area contributed by atoms with Crippen LogP contribution in [-0.4, -0.2) is 38.2 Å². The van der Waals surface area contributed by atoms with Crippen LogP contribution in [0, 0.1) is 6.92 Å². The molecule has 29 heavy (non-hydrogen) atoms. The topological polar surface area (TPSA) is 103 Å². The van der Waals surface area contributed by atoms with Crippen molar-refractivity contribution in [1.29, 1.82) is 0 Å². The molecule has 1 fully saturated rings. The van der Waals surface area contributed by atoms with Crippen LogP contribution in [0.5, 0.6) is 0 Å². The van der Waals surface area contributed by atoms with Crippen LogP contribution in [0.2, 0.25) is 0 Å². The lowest BCUT2D eigenvalue weighted by atomic mass is 10.00. The highest BCUT2D eigenvalue weighted by Gasteiger charge is 2.47. The minimum atomic E-state index is -0.770.